The molecule has 0 fully saturated rings. The Labute approximate surface area is 128 Å². The zero-order chi connectivity index (χ0) is 14.3. The van der Waals surface area contributed by atoms with Gasteiger partial charge in [-0.25, -0.2) is 4.98 Å². The molecule has 0 aliphatic carbocycles. The summed E-state index contributed by atoms with van der Waals surface area (Å²) in [5, 5.41) is 0.914. The minimum Gasteiger partial charge on any atom is -0.382 e. The number of rotatable bonds is 1. The molecule has 5 heteroatoms. The fraction of sp³-hybridized carbons (Fsp3) is 0.267. The van der Waals surface area contributed by atoms with E-state index in [-0.39, 0.29) is 0 Å². The highest BCUT2D eigenvalue weighted by atomic mass is 35.5. The van der Waals surface area contributed by atoms with Crippen molar-refractivity contribution in [3.05, 3.63) is 45.4 Å². The standard InChI is InChI=1S/C15H15Cl2N3/c1-9-4-5-13-10(7-9)3-2-6-20(13)15-12(17)8-11(16)14(18)19-15/h4-5,7-8H,2-3,6H2,1H3,(H2,18,19). The van der Waals surface area contributed by atoms with Crippen molar-refractivity contribution in [2.75, 3.05) is 17.2 Å². The number of hydrogen-bond donors (Lipinski definition) is 1. The van der Waals surface area contributed by atoms with Gasteiger partial charge in [0.25, 0.3) is 0 Å². The van der Waals surface area contributed by atoms with E-state index in [2.05, 4.69) is 35.0 Å². The Balaban J connectivity index is 2.11. The summed E-state index contributed by atoms with van der Waals surface area (Å²) in [4.78, 5) is 6.48. The highest BCUT2D eigenvalue weighted by molar-refractivity contribution is 6.37. The molecule has 1 aliphatic rings. The van der Waals surface area contributed by atoms with E-state index in [0.29, 0.717) is 21.7 Å². The van der Waals surface area contributed by atoms with Gasteiger partial charge in [-0.15, -0.1) is 0 Å². The minimum absolute atomic E-state index is 0.310. The van der Waals surface area contributed by atoms with Crippen LogP contribution in [0.2, 0.25) is 10.0 Å². The number of nitrogens with zero attached hydrogens (tertiary/aromatic N) is 2. The Bertz CT molecular complexity index is 670. The predicted octanol–water partition coefficient (Wildman–Crippen LogP) is 4.36. The lowest BCUT2D eigenvalue weighted by atomic mass is 9.99. The summed E-state index contributed by atoms with van der Waals surface area (Å²) in [7, 11) is 0. The molecule has 1 aromatic heterocycles. The summed E-state index contributed by atoms with van der Waals surface area (Å²) >= 11 is 12.2. The van der Waals surface area contributed by atoms with Crippen LogP contribution in [0.15, 0.2) is 24.3 Å². The lowest BCUT2D eigenvalue weighted by Crippen LogP contribution is -2.26. The van der Waals surface area contributed by atoms with E-state index in [0.717, 1.165) is 25.1 Å². The fourth-order valence-electron chi connectivity index (χ4n) is 2.61. The van der Waals surface area contributed by atoms with E-state index in [1.807, 2.05) is 0 Å². The van der Waals surface area contributed by atoms with Crippen LogP contribution < -0.4 is 10.6 Å². The monoisotopic (exact) mass is 307 g/mol. The van der Waals surface area contributed by atoms with E-state index >= 15 is 0 Å². The van der Waals surface area contributed by atoms with Gasteiger partial charge in [-0.05, 0) is 37.5 Å². The molecule has 0 spiro atoms. The van der Waals surface area contributed by atoms with E-state index < -0.39 is 0 Å². The molecule has 1 aromatic carbocycles. The van der Waals surface area contributed by atoms with Gasteiger partial charge in [0, 0.05) is 12.2 Å². The largest absolute Gasteiger partial charge is 0.382 e. The van der Waals surface area contributed by atoms with Crippen molar-refractivity contribution in [1.82, 2.24) is 4.98 Å². The van der Waals surface area contributed by atoms with Crippen molar-refractivity contribution in [3.8, 4) is 0 Å². The van der Waals surface area contributed by atoms with E-state index in [1.54, 1.807) is 6.07 Å². The predicted molar refractivity (Wildman–Crippen MR) is 85.2 cm³/mol. The smallest absolute Gasteiger partial charge is 0.154 e. The van der Waals surface area contributed by atoms with Crippen LogP contribution in [0.4, 0.5) is 17.3 Å². The normalized spacial score (nSPS) is 14.2. The van der Waals surface area contributed by atoms with Crippen LogP contribution in [-0.2, 0) is 6.42 Å². The summed E-state index contributed by atoms with van der Waals surface area (Å²) in [6, 6.07) is 8.09. The number of pyridine rings is 1. The number of aromatic nitrogens is 1. The number of fused-ring (bicyclic) bond motifs is 1. The van der Waals surface area contributed by atoms with E-state index in [4.69, 9.17) is 28.9 Å². The number of nitrogens with two attached hydrogens (primary N) is 1. The Hall–Kier alpha value is -1.45. The molecule has 0 unspecified atom stereocenters. The van der Waals surface area contributed by atoms with Gasteiger partial charge in [-0.3, -0.25) is 0 Å². The van der Waals surface area contributed by atoms with Crippen LogP contribution in [-0.4, -0.2) is 11.5 Å². The van der Waals surface area contributed by atoms with Crippen molar-refractivity contribution in [2.24, 2.45) is 0 Å². The molecule has 2 N–H and O–H groups in total. The van der Waals surface area contributed by atoms with Crippen molar-refractivity contribution < 1.29 is 0 Å². The molecular formula is C15H15Cl2N3. The molecule has 0 bridgehead atoms. The number of halogens is 2. The zero-order valence-corrected chi connectivity index (χ0v) is 12.7. The first-order chi connectivity index (χ1) is 9.56. The van der Waals surface area contributed by atoms with Crippen molar-refractivity contribution in [3.63, 3.8) is 0 Å². The molecule has 0 atom stereocenters. The number of anilines is 3. The minimum atomic E-state index is 0.310. The molecule has 1 aliphatic heterocycles. The third kappa shape index (κ3) is 2.32. The second kappa shape index (κ2) is 5.15. The Morgan fingerprint density at radius 3 is 2.80 bits per heavy atom. The maximum Gasteiger partial charge on any atom is 0.154 e. The van der Waals surface area contributed by atoms with Crippen LogP contribution in [0.3, 0.4) is 0 Å². The quantitative estimate of drug-likeness (QED) is 0.851. The highest BCUT2D eigenvalue weighted by Gasteiger charge is 2.22. The van der Waals surface area contributed by atoms with Gasteiger partial charge in [-0.1, -0.05) is 40.9 Å². The SMILES string of the molecule is Cc1ccc2c(c1)CCCN2c1nc(N)c(Cl)cc1Cl. The first-order valence-electron chi connectivity index (χ1n) is 6.55. The Kier molecular flexibility index (Phi) is 3.48. The maximum atomic E-state index is 6.29. The summed E-state index contributed by atoms with van der Waals surface area (Å²) in [5.41, 5.74) is 9.55. The topological polar surface area (TPSA) is 42.2 Å². The van der Waals surface area contributed by atoms with Crippen LogP contribution in [0.25, 0.3) is 0 Å². The molecular weight excluding hydrogens is 293 g/mol. The number of hydrogen-bond acceptors (Lipinski definition) is 3. The summed E-state index contributed by atoms with van der Waals surface area (Å²) < 4.78 is 0. The molecule has 3 rings (SSSR count). The molecule has 0 amide bonds. The van der Waals surface area contributed by atoms with Gasteiger partial charge in [0.05, 0.1) is 10.0 Å². The molecule has 3 nitrogen and oxygen atoms in total. The molecule has 20 heavy (non-hydrogen) atoms. The molecule has 0 saturated heterocycles. The van der Waals surface area contributed by atoms with Crippen LogP contribution in [0.1, 0.15) is 17.5 Å². The van der Waals surface area contributed by atoms with Gasteiger partial charge >= 0.3 is 0 Å². The first-order valence-corrected chi connectivity index (χ1v) is 7.30. The average Bonchev–Trinajstić information content (AvgIpc) is 2.42. The molecule has 0 radical (unpaired) electrons. The Morgan fingerprint density at radius 1 is 1.20 bits per heavy atom. The second-order valence-corrected chi connectivity index (χ2v) is 5.86. The highest BCUT2D eigenvalue weighted by Crippen LogP contribution is 2.38. The van der Waals surface area contributed by atoms with E-state index in [9.17, 15) is 0 Å². The first kappa shape index (κ1) is 13.5. The molecule has 0 saturated carbocycles. The van der Waals surface area contributed by atoms with Gasteiger partial charge in [-0.2, -0.15) is 0 Å². The van der Waals surface area contributed by atoms with Gasteiger partial charge < -0.3 is 10.6 Å². The van der Waals surface area contributed by atoms with Crippen LogP contribution in [0, 0.1) is 6.92 Å². The number of aryl methyl sites for hydroxylation is 2. The van der Waals surface area contributed by atoms with Gasteiger partial charge in [0.1, 0.15) is 5.82 Å². The maximum absolute atomic E-state index is 6.29. The zero-order valence-electron chi connectivity index (χ0n) is 11.2. The van der Waals surface area contributed by atoms with Crippen LogP contribution >= 0.6 is 23.2 Å². The summed E-state index contributed by atoms with van der Waals surface area (Å²) in [6.07, 6.45) is 2.14. The van der Waals surface area contributed by atoms with Crippen molar-refractivity contribution in [1.29, 1.82) is 0 Å². The summed E-state index contributed by atoms with van der Waals surface area (Å²) in [5.74, 6) is 0.990. The average molecular weight is 308 g/mol. The molecule has 2 heterocycles. The molecule has 2 aromatic rings. The van der Waals surface area contributed by atoms with Gasteiger partial charge in [0.2, 0.25) is 0 Å². The summed E-state index contributed by atoms with van der Waals surface area (Å²) in [6.45, 7) is 2.98. The third-order valence-corrected chi connectivity index (χ3v) is 4.13. The number of nitrogen functional groups attached to an aromatic ring is 1. The lowest BCUT2D eigenvalue weighted by molar-refractivity contribution is 0.759. The van der Waals surface area contributed by atoms with Crippen LogP contribution in [0.5, 0.6) is 0 Å². The second-order valence-electron chi connectivity index (χ2n) is 5.05. The third-order valence-electron chi connectivity index (χ3n) is 3.55. The van der Waals surface area contributed by atoms with E-state index in [1.165, 1.54) is 11.1 Å². The van der Waals surface area contributed by atoms with Gasteiger partial charge in [0.15, 0.2) is 5.82 Å². The van der Waals surface area contributed by atoms with Crippen molar-refractivity contribution >= 4 is 40.5 Å². The fourth-order valence-corrected chi connectivity index (χ4v) is 3.07. The number of benzene rings is 1. The lowest BCUT2D eigenvalue weighted by Gasteiger charge is -2.31. The van der Waals surface area contributed by atoms with Crippen molar-refractivity contribution in [2.45, 2.75) is 19.8 Å². The molecule has 104 valence electrons. The Morgan fingerprint density at radius 2 is 2.00 bits per heavy atom.